The average Bonchev–Trinajstić information content (AvgIpc) is 3.42. The van der Waals surface area contributed by atoms with Crippen LogP contribution in [0.25, 0.3) is 32.1 Å². The van der Waals surface area contributed by atoms with Crippen molar-refractivity contribution in [2.75, 3.05) is 66.4 Å². The fourth-order valence-corrected chi connectivity index (χ4v) is 15.8. The van der Waals surface area contributed by atoms with Gasteiger partial charge in [0.1, 0.15) is 0 Å². The van der Waals surface area contributed by atoms with E-state index in [1.807, 2.05) is 25.1 Å². The summed E-state index contributed by atoms with van der Waals surface area (Å²) in [7, 11) is 3.90. The van der Waals surface area contributed by atoms with Gasteiger partial charge in [-0.05, 0) is 14.1 Å². The molecule has 15 heteroatoms. The zero-order chi connectivity index (χ0) is 38.2. The summed E-state index contributed by atoms with van der Waals surface area (Å²) < 4.78 is 57.5. The van der Waals surface area contributed by atoms with Crippen LogP contribution in [-0.4, -0.2) is 105 Å². The minimum absolute atomic E-state index is 0.0119. The molecular formula is C40H44F3IN8O2S. The summed E-state index contributed by atoms with van der Waals surface area (Å²) >= 11 is -0.782. The number of thiophene rings is 1. The minimum atomic E-state index is -1.79. The number of fused-ring (bicyclic) bond motifs is 2. The fourth-order valence-electron chi connectivity index (χ4n) is 9.45. The van der Waals surface area contributed by atoms with Crippen LogP contribution < -0.4 is 20.7 Å². The van der Waals surface area contributed by atoms with E-state index in [-0.39, 0.29) is 51.4 Å². The Hall–Kier alpha value is -3.72. The number of carbonyl (C=O) groups is 1. The van der Waals surface area contributed by atoms with E-state index >= 15 is 8.78 Å². The van der Waals surface area contributed by atoms with E-state index in [1.165, 1.54) is 6.07 Å². The Morgan fingerprint density at radius 3 is 2.85 bits per heavy atom. The van der Waals surface area contributed by atoms with Crippen LogP contribution in [-0.2, 0) is 11.2 Å². The number of aromatic nitrogens is 2. The Bertz CT molecular complexity index is 2290. The Morgan fingerprint density at radius 1 is 1.24 bits per heavy atom. The van der Waals surface area contributed by atoms with Gasteiger partial charge in [-0.2, -0.15) is 0 Å². The number of alkyl halides is 3. The number of anilines is 2. The zero-order valence-electron chi connectivity index (χ0n) is 30.9. The van der Waals surface area contributed by atoms with Gasteiger partial charge in [0, 0.05) is 6.54 Å². The molecule has 4 fully saturated rings. The van der Waals surface area contributed by atoms with Gasteiger partial charge >= 0.3 is 305 Å². The summed E-state index contributed by atoms with van der Waals surface area (Å²) in [5, 5.41) is 14.5. The van der Waals surface area contributed by atoms with Crippen LogP contribution >= 0.6 is 31.2 Å². The summed E-state index contributed by atoms with van der Waals surface area (Å²) in [6, 6.07) is 5.17. The van der Waals surface area contributed by atoms with Gasteiger partial charge in [-0.25, -0.2) is 0 Å². The second-order valence-electron chi connectivity index (χ2n) is 15.8. The average molecular weight is 885 g/mol. The molecule has 0 radical (unpaired) electrons. The van der Waals surface area contributed by atoms with Crippen LogP contribution in [0.5, 0.6) is 6.01 Å². The number of halogens is 4. The number of benzene rings is 2. The van der Waals surface area contributed by atoms with Gasteiger partial charge in [-0.1, -0.05) is 0 Å². The molecule has 1 amide bonds. The Labute approximate surface area is 329 Å². The molecule has 2 aromatic heterocycles. The number of nitriles is 1. The fraction of sp³-hybridized carbons (Fsp3) is 0.500. The number of carbonyl (C=O) groups excluding carboxylic acids is 1. The van der Waals surface area contributed by atoms with Crippen molar-refractivity contribution in [1.29, 1.82) is 5.26 Å². The molecule has 4 aromatic rings. The number of hydrogen-bond donors (Lipinski definition) is 2. The van der Waals surface area contributed by atoms with Crippen LogP contribution in [0.4, 0.5) is 24.0 Å². The Balaban J connectivity index is 1.16. The van der Waals surface area contributed by atoms with E-state index in [0.717, 1.165) is 68.0 Å². The van der Waals surface area contributed by atoms with Crippen LogP contribution in [0.2, 0.25) is 0 Å². The van der Waals surface area contributed by atoms with Gasteiger partial charge < -0.3 is 4.90 Å². The second kappa shape index (κ2) is 14.3. The molecule has 1 aliphatic carbocycles. The van der Waals surface area contributed by atoms with E-state index in [2.05, 4.69) is 21.2 Å². The molecule has 9 rings (SSSR count). The molecule has 55 heavy (non-hydrogen) atoms. The molecule has 10 nitrogen and oxygen atoms in total. The molecule has 2 unspecified atom stereocenters. The van der Waals surface area contributed by atoms with Crippen LogP contribution in [0.15, 0.2) is 24.3 Å². The molecule has 0 bridgehead atoms. The third-order valence-electron chi connectivity index (χ3n) is 12.0. The third-order valence-corrected chi connectivity index (χ3v) is 17.9. The molecular weight excluding hydrogens is 840 g/mol. The Kier molecular flexibility index (Phi) is 9.62. The summed E-state index contributed by atoms with van der Waals surface area (Å²) in [6.45, 7) is 2.71. The molecule has 4 aliphatic heterocycles. The third kappa shape index (κ3) is 6.50. The van der Waals surface area contributed by atoms with Gasteiger partial charge in [0.15, 0.2) is 0 Å². The zero-order valence-corrected chi connectivity index (χ0v) is 33.9. The first kappa shape index (κ1) is 36.9. The molecule has 0 spiro atoms. The maximum atomic E-state index is 17.8. The molecule has 3 saturated heterocycles. The van der Waals surface area contributed by atoms with Gasteiger partial charge in [0.25, 0.3) is 0 Å². The van der Waals surface area contributed by atoms with Crippen molar-refractivity contribution in [1.82, 2.24) is 25.1 Å². The van der Waals surface area contributed by atoms with E-state index in [0.29, 0.717) is 60.2 Å². The number of rotatable bonds is 10. The first-order valence-corrected chi connectivity index (χ1v) is 24.0. The summed E-state index contributed by atoms with van der Waals surface area (Å²) in [5.41, 5.74) is 8.00. The van der Waals surface area contributed by atoms with E-state index in [1.54, 1.807) is 12.1 Å². The first-order chi connectivity index (χ1) is 26.5. The standard InChI is InChI=1S/C40H44F3IN8O2S/c1-50(2)14-3-5-29(53)47-23-6-7-24(17-23)52-16-10-26-32-35(48-39(49-38(32)52)54-21-40-11-4-15-51(40)20-22(41)18-40)33(43)31(34(26)44-12-13-44)25-8-9-28(42)36-30(25)27(19-45)37(46)55-36/h3,5,8-9,22-24H,4,6-7,10-18,20-21,46H2,1-2H3,(H,47,53)/b5-3+/t22-,23?,24?,40+/m1/s1. The molecule has 2 aromatic carbocycles. The monoisotopic (exact) mass is 884 g/mol. The van der Waals surface area contributed by atoms with Crippen LogP contribution in [0.1, 0.15) is 49.7 Å². The number of likely N-dealkylation sites (N-methyl/N-ethyl adjacent to an activating group) is 1. The van der Waals surface area contributed by atoms with Crippen molar-refractivity contribution in [2.45, 2.75) is 68.7 Å². The first-order valence-electron chi connectivity index (χ1n) is 19.0. The van der Waals surface area contributed by atoms with E-state index < -0.39 is 43.2 Å². The van der Waals surface area contributed by atoms with Crippen molar-refractivity contribution in [3.05, 3.63) is 50.6 Å². The van der Waals surface area contributed by atoms with Crippen molar-refractivity contribution in [3.8, 4) is 23.2 Å². The number of hydrogen-bond acceptors (Lipinski definition) is 10. The topological polar surface area (TPSA) is 124 Å². The molecule has 290 valence electrons. The molecule has 4 atom stereocenters. The van der Waals surface area contributed by atoms with Crippen molar-refractivity contribution < 1.29 is 22.7 Å². The summed E-state index contributed by atoms with van der Waals surface area (Å²) in [4.78, 5) is 29.1. The van der Waals surface area contributed by atoms with Crippen molar-refractivity contribution >= 4 is 68.9 Å². The Morgan fingerprint density at radius 2 is 2.07 bits per heavy atom. The number of nitrogens with zero attached hydrogens (tertiary/aromatic N) is 6. The predicted molar refractivity (Wildman–Crippen MR) is 219 cm³/mol. The number of nitrogens with two attached hydrogens (primary N) is 1. The van der Waals surface area contributed by atoms with Crippen molar-refractivity contribution in [3.63, 3.8) is 0 Å². The van der Waals surface area contributed by atoms with Crippen LogP contribution in [0, 0.1) is 26.5 Å². The quantitative estimate of drug-likeness (QED) is 0.106. The van der Waals surface area contributed by atoms with Gasteiger partial charge in [-0.15, -0.1) is 0 Å². The van der Waals surface area contributed by atoms with E-state index in [4.69, 9.17) is 20.4 Å². The van der Waals surface area contributed by atoms with E-state index in [9.17, 15) is 14.4 Å². The summed E-state index contributed by atoms with van der Waals surface area (Å²) in [6.07, 6.45) is 7.66. The maximum absolute atomic E-state index is 17.8. The van der Waals surface area contributed by atoms with Gasteiger partial charge in [-0.3, -0.25) is 0 Å². The van der Waals surface area contributed by atoms with Crippen LogP contribution in [0.3, 0.4) is 0 Å². The molecule has 1 saturated carbocycles. The van der Waals surface area contributed by atoms with Gasteiger partial charge in [0.05, 0.1) is 0 Å². The number of ether oxygens (including phenoxy) is 1. The number of amides is 1. The van der Waals surface area contributed by atoms with Gasteiger partial charge in [0.2, 0.25) is 0 Å². The summed E-state index contributed by atoms with van der Waals surface area (Å²) in [5.74, 6) is -0.511. The molecule has 5 aliphatic rings. The number of nitrogens with one attached hydrogen (secondary N) is 1. The normalized spacial score (nSPS) is 25.4. The predicted octanol–water partition coefficient (Wildman–Crippen LogP) is 6.41. The van der Waals surface area contributed by atoms with Crippen molar-refractivity contribution in [2.24, 2.45) is 0 Å². The molecule has 3 N–H and O–H groups in total. The number of nitrogen functional groups attached to an aromatic ring is 1. The molecule has 6 heterocycles. The second-order valence-corrected chi connectivity index (χ2v) is 22.7. The SMILES string of the molecule is CN(C)C/C=C/C(=O)NC1CCC(N2CCc3c(I4CC4)c(-c4ccc(F)c5sc(N)c(C#N)c45)c(F)c4nc(OC[C@@]56CCCN5C[C@H](F)C6)nc2c34)C1.